The number of amides is 1. The van der Waals surface area contributed by atoms with Crippen LogP contribution in [0.1, 0.15) is 43.5 Å². The molecule has 0 aliphatic heterocycles. The van der Waals surface area contributed by atoms with Crippen molar-refractivity contribution < 1.29 is 22.7 Å². The maximum Gasteiger partial charge on any atom is 0.332 e. The first-order chi connectivity index (χ1) is 16.2. The minimum absolute atomic E-state index is 0.00837. The molecule has 0 bridgehead atoms. The fourth-order valence-electron chi connectivity index (χ4n) is 3.67. The Morgan fingerprint density at radius 1 is 1.03 bits per heavy atom. The average Bonchev–Trinajstić information content (AvgIpc) is 2.78. The third-order valence-corrected chi connectivity index (χ3v) is 6.64. The standard InChI is InChI=1S/C23H29N5O5S/c1-15-13-16(2)25-23(24-15)28-34(31,32)19-11-9-18(10-12-19)26-20(14-21(29)33-3)22(30)27-17-7-5-4-6-8-17/h9-14,17,26H,4-8H2,1-3H3,(H,27,30)(H,24,25,28)/b20-14-. The maximum atomic E-state index is 12.8. The second-order valence-corrected chi connectivity index (χ2v) is 9.80. The lowest BCUT2D eigenvalue weighted by molar-refractivity contribution is -0.135. The van der Waals surface area contributed by atoms with Crippen LogP contribution in [-0.4, -0.2) is 43.4 Å². The summed E-state index contributed by atoms with van der Waals surface area (Å²) < 4.78 is 32.5. The smallest absolute Gasteiger partial charge is 0.332 e. The molecule has 1 heterocycles. The van der Waals surface area contributed by atoms with Crippen molar-refractivity contribution in [3.8, 4) is 0 Å². The Balaban J connectivity index is 1.74. The summed E-state index contributed by atoms with van der Waals surface area (Å²) in [6, 6.07) is 7.54. The first-order valence-electron chi connectivity index (χ1n) is 11.0. The van der Waals surface area contributed by atoms with Crippen molar-refractivity contribution in [3.63, 3.8) is 0 Å². The van der Waals surface area contributed by atoms with Gasteiger partial charge in [0.2, 0.25) is 5.95 Å². The van der Waals surface area contributed by atoms with E-state index < -0.39 is 21.9 Å². The summed E-state index contributed by atoms with van der Waals surface area (Å²) in [5, 5.41) is 5.83. The number of hydrogen-bond donors (Lipinski definition) is 3. The molecule has 1 aliphatic carbocycles. The van der Waals surface area contributed by atoms with Crippen LogP contribution in [0.3, 0.4) is 0 Å². The number of nitrogens with one attached hydrogen (secondary N) is 3. The molecule has 0 unspecified atom stereocenters. The Morgan fingerprint density at radius 3 is 2.24 bits per heavy atom. The summed E-state index contributed by atoms with van der Waals surface area (Å²) in [7, 11) is -2.70. The summed E-state index contributed by atoms with van der Waals surface area (Å²) in [5.74, 6) is -1.12. The van der Waals surface area contributed by atoms with Crippen molar-refractivity contribution in [2.75, 3.05) is 17.1 Å². The van der Waals surface area contributed by atoms with E-state index in [1.165, 1.54) is 31.4 Å². The largest absolute Gasteiger partial charge is 0.466 e. The number of sulfonamides is 1. The van der Waals surface area contributed by atoms with Crippen molar-refractivity contribution in [1.29, 1.82) is 0 Å². The van der Waals surface area contributed by atoms with Gasteiger partial charge in [-0.05, 0) is 57.0 Å². The van der Waals surface area contributed by atoms with Crippen molar-refractivity contribution in [1.82, 2.24) is 15.3 Å². The first-order valence-corrected chi connectivity index (χ1v) is 12.5. The second kappa shape index (κ2) is 11.1. The van der Waals surface area contributed by atoms with Gasteiger partial charge in [0, 0.05) is 23.1 Å². The number of anilines is 2. The molecule has 1 fully saturated rings. The van der Waals surface area contributed by atoms with Crippen LogP contribution in [0.15, 0.2) is 47.0 Å². The summed E-state index contributed by atoms with van der Waals surface area (Å²) in [6.45, 7) is 3.49. The van der Waals surface area contributed by atoms with Crippen LogP contribution >= 0.6 is 0 Å². The van der Waals surface area contributed by atoms with E-state index in [0.29, 0.717) is 17.1 Å². The Bertz CT molecular complexity index is 1150. The van der Waals surface area contributed by atoms with Crippen molar-refractivity contribution >= 4 is 33.5 Å². The lowest BCUT2D eigenvalue weighted by Crippen LogP contribution is -2.38. The fourth-order valence-corrected chi connectivity index (χ4v) is 4.61. The molecule has 1 aliphatic rings. The molecular weight excluding hydrogens is 458 g/mol. The number of benzene rings is 1. The van der Waals surface area contributed by atoms with Gasteiger partial charge in [-0.2, -0.15) is 0 Å². The van der Waals surface area contributed by atoms with E-state index in [1.807, 2.05) is 0 Å². The topological polar surface area (TPSA) is 139 Å². The zero-order valence-corrected chi connectivity index (χ0v) is 20.2. The predicted molar refractivity (Wildman–Crippen MR) is 127 cm³/mol. The van der Waals surface area contributed by atoms with Gasteiger partial charge < -0.3 is 15.4 Å². The van der Waals surface area contributed by atoms with Gasteiger partial charge in [0.15, 0.2) is 0 Å². The molecule has 1 aromatic heterocycles. The molecule has 0 spiro atoms. The third-order valence-electron chi connectivity index (χ3n) is 5.30. The van der Waals surface area contributed by atoms with Crippen molar-refractivity contribution in [3.05, 3.63) is 53.5 Å². The minimum atomic E-state index is -3.92. The fraction of sp³-hybridized carbons (Fsp3) is 0.391. The number of nitrogens with zero attached hydrogens (tertiary/aromatic N) is 2. The number of carbonyl (C=O) groups excluding carboxylic acids is 2. The third kappa shape index (κ3) is 7.01. The number of rotatable bonds is 8. The van der Waals surface area contributed by atoms with Crippen LogP contribution in [0.2, 0.25) is 0 Å². The van der Waals surface area contributed by atoms with Crippen LogP contribution in [0.4, 0.5) is 11.6 Å². The average molecular weight is 488 g/mol. The Labute approximate surface area is 199 Å². The molecule has 0 saturated heterocycles. The number of carbonyl (C=O) groups is 2. The summed E-state index contributed by atoms with van der Waals surface area (Å²) in [5.41, 5.74) is 1.72. The Kier molecular flexibility index (Phi) is 8.21. The molecule has 11 heteroatoms. The van der Waals surface area contributed by atoms with Gasteiger partial charge in [0.25, 0.3) is 15.9 Å². The molecule has 3 rings (SSSR count). The van der Waals surface area contributed by atoms with Gasteiger partial charge in [0.1, 0.15) is 5.70 Å². The van der Waals surface area contributed by atoms with Gasteiger partial charge >= 0.3 is 5.97 Å². The van der Waals surface area contributed by atoms with E-state index in [0.717, 1.165) is 38.2 Å². The van der Waals surface area contributed by atoms with E-state index in [9.17, 15) is 18.0 Å². The Morgan fingerprint density at radius 2 is 1.65 bits per heavy atom. The number of methoxy groups -OCH3 is 1. The molecule has 34 heavy (non-hydrogen) atoms. The van der Waals surface area contributed by atoms with Gasteiger partial charge in [-0.3, -0.25) is 4.79 Å². The molecule has 0 radical (unpaired) electrons. The van der Waals surface area contributed by atoms with E-state index >= 15 is 0 Å². The first kappa shape index (κ1) is 25.2. The number of aryl methyl sites for hydroxylation is 2. The van der Waals surface area contributed by atoms with Crippen LogP contribution in [0, 0.1) is 13.8 Å². The van der Waals surface area contributed by atoms with E-state index in [2.05, 4.69) is 30.1 Å². The molecule has 1 amide bonds. The minimum Gasteiger partial charge on any atom is -0.466 e. The van der Waals surface area contributed by atoms with Gasteiger partial charge in [0.05, 0.1) is 18.1 Å². The highest BCUT2D eigenvalue weighted by Gasteiger charge is 2.20. The number of esters is 1. The predicted octanol–water partition coefficient (Wildman–Crippen LogP) is 2.81. The van der Waals surface area contributed by atoms with Crippen LogP contribution in [0.25, 0.3) is 0 Å². The van der Waals surface area contributed by atoms with Crippen LogP contribution in [-0.2, 0) is 24.3 Å². The van der Waals surface area contributed by atoms with Gasteiger partial charge in [-0.1, -0.05) is 19.3 Å². The quantitative estimate of drug-likeness (QED) is 0.382. The monoisotopic (exact) mass is 487 g/mol. The molecule has 2 aromatic rings. The van der Waals surface area contributed by atoms with Crippen molar-refractivity contribution in [2.45, 2.75) is 56.9 Å². The lowest BCUT2D eigenvalue weighted by Gasteiger charge is -2.23. The summed E-state index contributed by atoms with van der Waals surface area (Å²) >= 11 is 0. The van der Waals surface area contributed by atoms with Crippen LogP contribution in [0.5, 0.6) is 0 Å². The molecular formula is C23H29N5O5S. The van der Waals surface area contributed by atoms with Crippen molar-refractivity contribution in [2.24, 2.45) is 0 Å². The highest BCUT2D eigenvalue weighted by molar-refractivity contribution is 7.92. The van der Waals surface area contributed by atoms with E-state index in [4.69, 9.17) is 0 Å². The number of hydrogen-bond acceptors (Lipinski definition) is 8. The highest BCUT2D eigenvalue weighted by atomic mass is 32.2. The molecule has 0 atom stereocenters. The molecule has 182 valence electrons. The maximum absolute atomic E-state index is 12.8. The van der Waals surface area contributed by atoms with Gasteiger partial charge in [-0.15, -0.1) is 0 Å². The van der Waals surface area contributed by atoms with Gasteiger partial charge in [-0.25, -0.2) is 27.9 Å². The lowest BCUT2D eigenvalue weighted by atomic mass is 9.95. The SMILES string of the molecule is COC(=O)/C=C(\Nc1ccc(S(=O)(=O)Nc2nc(C)cc(C)n2)cc1)C(=O)NC1CCCCC1. The zero-order chi connectivity index (χ0) is 24.7. The Hall–Kier alpha value is -3.47. The summed E-state index contributed by atoms with van der Waals surface area (Å²) in [4.78, 5) is 32.8. The normalized spacial score (nSPS) is 14.9. The molecule has 1 saturated carbocycles. The second-order valence-electron chi connectivity index (χ2n) is 8.12. The molecule has 1 aromatic carbocycles. The molecule has 10 nitrogen and oxygen atoms in total. The van der Waals surface area contributed by atoms with E-state index in [1.54, 1.807) is 19.9 Å². The summed E-state index contributed by atoms with van der Waals surface area (Å²) in [6.07, 6.45) is 6.09. The molecule has 3 N–H and O–H groups in total. The number of aromatic nitrogens is 2. The van der Waals surface area contributed by atoms with E-state index in [-0.39, 0.29) is 22.6 Å². The van der Waals surface area contributed by atoms with Crippen LogP contribution < -0.4 is 15.4 Å². The zero-order valence-electron chi connectivity index (χ0n) is 19.4. The highest BCUT2D eigenvalue weighted by Crippen LogP contribution is 2.20. The number of ether oxygens (including phenoxy) is 1.